The van der Waals surface area contributed by atoms with E-state index in [4.69, 9.17) is 16.3 Å². The van der Waals surface area contributed by atoms with Crippen LogP contribution in [-0.2, 0) is 9.53 Å². The first-order valence-corrected chi connectivity index (χ1v) is 8.53. The Morgan fingerprint density at radius 3 is 2.75 bits per heavy atom. The summed E-state index contributed by atoms with van der Waals surface area (Å²) in [7, 11) is 0. The van der Waals surface area contributed by atoms with Gasteiger partial charge in [-0.1, -0.05) is 49.1 Å². The third-order valence-electron chi connectivity index (χ3n) is 4.21. The molecule has 6 heteroatoms. The number of benzene rings is 1. The number of fused-ring (bicyclic) bond motifs is 1. The van der Waals surface area contributed by atoms with Crippen LogP contribution in [0.5, 0.6) is 0 Å². The van der Waals surface area contributed by atoms with Gasteiger partial charge < -0.3 is 10.1 Å². The maximum Gasteiger partial charge on any atom is 0.339 e. The number of rotatable bonds is 4. The van der Waals surface area contributed by atoms with Crippen LogP contribution >= 0.6 is 11.6 Å². The molecule has 0 saturated heterocycles. The Morgan fingerprint density at radius 1 is 1.21 bits per heavy atom. The molecular weight excluding hydrogens is 328 g/mol. The Kier molecular flexibility index (Phi) is 5.30. The Morgan fingerprint density at radius 2 is 1.96 bits per heavy atom. The summed E-state index contributed by atoms with van der Waals surface area (Å²) < 4.78 is 5.16. The molecule has 1 amide bonds. The number of nitrogens with zero attached hydrogens (tertiary/aromatic N) is 1. The van der Waals surface area contributed by atoms with Gasteiger partial charge in [-0.15, -0.1) is 0 Å². The molecule has 1 aliphatic carbocycles. The summed E-state index contributed by atoms with van der Waals surface area (Å²) >= 11 is 5.96. The van der Waals surface area contributed by atoms with Crippen molar-refractivity contribution < 1.29 is 14.3 Å². The molecule has 126 valence electrons. The Labute approximate surface area is 145 Å². The van der Waals surface area contributed by atoms with E-state index in [1.807, 2.05) is 12.1 Å². The number of nitrogens with one attached hydrogen (secondary N) is 1. The van der Waals surface area contributed by atoms with E-state index in [-0.39, 0.29) is 23.7 Å². The van der Waals surface area contributed by atoms with Gasteiger partial charge in [-0.05, 0) is 25.0 Å². The number of halogens is 1. The molecule has 5 nitrogen and oxygen atoms in total. The Bertz CT molecular complexity index is 757. The van der Waals surface area contributed by atoms with Crippen molar-refractivity contribution in [3.63, 3.8) is 0 Å². The topological polar surface area (TPSA) is 68.3 Å². The highest BCUT2D eigenvalue weighted by molar-refractivity contribution is 6.30. The van der Waals surface area contributed by atoms with Gasteiger partial charge in [-0.2, -0.15) is 0 Å². The van der Waals surface area contributed by atoms with Gasteiger partial charge in [-0.3, -0.25) is 4.79 Å². The normalized spacial score (nSPS) is 15.2. The van der Waals surface area contributed by atoms with Crippen LogP contribution in [-0.4, -0.2) is 29.5 Å². The molecule has 1 N–H and O–H groups in total. The minimum atomic E-state index is -0.575. The lowest BCUT2D eigenvalue weighted by Crippen LogP contribution is -2.38. The standard InChI is InChI=1S/C18H19ClN2O3/c19-16-10-14(13-8-4-5-9-15(13)21-16)18(23)24-11-17(22)20-12-6-2-1-3-7-12/h4-5,8-10,12H,1-3,6-7,11H2,(H,20,22). The number of hydrogen-bond acceptors (Lipinski definition) is 4. The van der Waals surface area contributed by atoms with Crippen LogP contribution in [0.2, 0.25) is 5.15 Å². The lowest BCUT2D eigenvalue weighted by Gasteiger charge is -2.22. The predicted molar refractivity (Wildman–Crippen MR) is 92.1 cm³/mol. The number of hydrogen-bond donors (Lipinski definition) is 1. The maximum atomic E-state index is 12.3. The summed E-state index contributed by atoms with van der Waals surface area (Å²) in [5.41, 5.74) is 0.930. The predicted octanol–water partition coefficient (Wildman–Crippen LogP) is 3.49. The summed E-state index contributed by atoms with van der Waals surface area (Å²) in [6.07, 6.45) is 5.46. The molecule has 3 rings (SSSR count). The molecule has 1 aliphatic rings. The number of carbonyl (C=O) groups is 2. The minimum absolute atomic E-state index is 0.196. The number of aromatic nitrogens is 1. The molecule has 1 fully saturated rings. The third kappa shape index (κ3) is 4.03. The number of carbonyl (C=O) groups excluding carboxylic acids is 2. The number of ether oxygens (including phenoxy) is 1. The van der Waals surface area contributed by atoms with Crippen LogP contribution in [0.1, 0.15) is 42.5 Å². The van der Waals surface area contributed by atoms with Crippen molar-refractivity contribution in [2.45, 2.75) is 38.1 Å². The highest BCUT2D eigenvalue weighted by Crippen LogP contribution is 2.21. The van der Waals surface area contributed by atoms with E-state index in [1.54, 1.807) is 12.1 Å². The fourth-order valence-electron chi connectivity index (χ4n) is 3.04. The molecule has 0 atom stereocenters. The molecule has 0 aliphatic heterocycles. The van der Waals surface area contributed by atoms with E-state index >= 15 is 0 Å². The van der Waals surface area contributed by atoms with Crippen molar-refractivity contribution in [1.82, 2.24) is 10.3 Å². The van der Waals surface area contributed by atoms with Crippen molar-refractivity contribution in [3.05, 3.63) is 41.0 Å². The van der Waals surface area contributed by atoms with Crippen molar-refractivity contribution in [2.24, 2.45) is 0 Å². The van der Waals surface area contributed by atoms with Gasteiger partial charge in [0.05, 0.1) is 11.1 Å². The fraction of sp³-hybridized carbons (Fsp3) is 0.389. The lowest BCUT2D eigenvalue weighted by molar-refractivity contribution is -0.125. The summed E-state index contributed by atoms with van der Waals surface area (Å²) in [4.78, 5) is 28.4. The Hall–Kier alpha value is -2.14. The van der Waals surface area contributed by atoms with E-state index in [1.165, 1.54) is 12.5 Å². The van der Waals surface area contributed by atoms with Gasteiger partial charge in [0, 0.05) is 11.4 Å². The van der Waals surface area contributed by atoms with Crippen LogP contribution in [0.15, 0.2) is 30.3 Å². The molecular formula is C18H19ClN2O3. The zero-order chi connectivity index (χ0) is 16.9. The van der Waals surface area contributed by atoms with Gasteiger partial charge in [0.2, 0.25) is 0 Å². The van der Waals surface area contributed by atoms with Crippen LogP contribution in [0.25, 0.3) is 10.9 Å². The number of amides is 1. The van der Waals surface area contributed by atoms with Crippen LogP contribution in [0.3, 0.4) is 0 Å². The van der Waals surface area contributed by atoms with Gasteiger partial charge in [0.15, 0.2) is 6.61 Å². The van der Waals surface area contributed by atoms with Crippen LogP contribution < -0.4 is 5.32 Å². The molecule has 2 aromatic rings. The zero-order valence-corrected chi connectivity index (χ0v) is 14.0. The minimum Gasteiger partial charge on any atom is -0.452 e. The van der Waals surface area contributed by atoms with Crippen molar-refractivity contribution in [3.8, 4) is 0 Å². The summed E-state index contributed by atoms with van der Waals surface area (Å²) in [5.74, 6) is -0.839. The largest absolute Gasteiger partial charge is 0.452 e. The SMILES string of the molecule is O=C(COC(=O)c1cc(Cl)nc2ccccc12)NC1CCCCC1. The average molecular weight is 347 g/mol. The first-order chi connectivity index (χ1) is 11.6. The van der Waals surface area contributed by atoms with E-state index in [2.05, 4.69) is 10.3 Å². The van der Waals surface area contributed by atoms with Gasteiger partial charge in [0.1, 0.15) is 5.15 Å². The molecule has 1 saturated carbocycles. The molecule has 1 aromatic carbocycles. The first-order valence-electron chi connectivity index (χ1n) is 8.15. The van der Waals surface area contributed by atoms with Crippen LogP contribution in [0.4, 0.5) is 0 Å². The first kappa shape index (κ1) is 16.7. The second-order valence-corrected chi connectivity index (χ2v) is 6.38. The van der Waals surface area contributed by atoms with E-state index < -0.39 is 5.97 Å². The third-order valence-corrected chi connectivity index (χ3v) is 4.40. The van der Waals surface area contributed by atoms with E-state index in [9.17, 15) is 9.59 Å². The monoisotopic (exact) mass is 346 g/mol. The van der Waals surface area contributed by atoms with Gasteiger partial charge in [-0.25, -0.2) is 9.78 Å². The van der Waals surface area contributed by atoms with Crippen LogP contribution in [0, 0.1) is 0 Å². The summed E-state index contributed by atoms with van der Waals surface area (Å²) in [5, 5.41) is 3.79. The fourth-order valence-corrected chi connectivity index (χ4v) is 3.24. The molecule has 24 heavy (non-hydrogen) atoms. The number of esters is 1. The van der Waals surface area contributed by atoms with Crippen molar-refractivity contribution in [2.75, 3.05) is 6.61 Å². The maximum absolute atomic E-state index is 12.3. The second kappa shape index (κ2) is 7.62. The lowest BCUT2D eigenvalue weighted by atomic mass is 9.95. The highest BCUT2D eigenvalue weighted by atomic mass is 35.5. The summed E-state index contributed by atoms with van der Waals surface area (Å²) in [6, 6.07) is 8.83. The zero-order valence-electron chi connectivity index (χ0n) is 13.3. The number of pyridine rings is 1. The molecule has 1 heterocycles. The van der Waals surface area contributed by atoms with E-state index in [0.29, 0.717) is 16.5 Å². The van der Waals surface area contributed by atoms with Gasteiger partial charge >= 0.3 is 5.97 Å². The van der Waals surface area contributed by atoms with Gasteiger partial charge in [0.25, 0.3) is 5.91 Å². The summed E-state index contributed by atoms with van der Waals surface area (Å²) in [6.45, 7) is -0.288. The smallest absolute Gasteiger partial charge is 0.339 e. The van der Waals surface area contributed by atoms with Crippen molar-refractivity contribution >= 4 is 34.4 Å². The second-order valence-electron chi connectivity index (χ2n) is 5.99. The molecule has 0 bridgehead atoms. The highest BCUT2D eigenvalue weighted by Gasteiger charge is 2.18. The molecule has 1 aromatic heterocycles. The molecule has 0 spiro atoms. The Balaban J connectivity index is 1.64. The average Bonchev–Trinajstić information content (AvgIpc) is 2.59. The number of para-hydroxylation sites is 1. The van der Waals surface area contributed by atoms with E-state index in [0.717, 1.165) is 25.7 Å². The molecule has 0 radical (unpaired) electrons. The molecule has 0 unspecified atom stereocenters. The quantitative estimate of drug-likeness (QED) is 0.679. The van der Waals surface area contributed by atoms with Crippen molar-refractivity contribution in [1.29, 1.82) is 0 Å².